The number of methoxy groups -OCH3 is 1. The molecule has 0 saturated carbocycles. The number of para-hydroxylation sites is 1. The number of nitrogens with two attached hydrogens (primary N) is 1. The fraction of sp³-hybridized carbons (Fsp3) is 0.227. The lowest BCUT2D eigenvalue weighted by Gasteiger charge is -2.12. The van der Waals surface area contributed by atoms with E-state index in [9.17, 15) is 0 Å². The zero-order valence-corrected chi connectivity index (χ0v) is 16.8. The van der Waals surface area contributed by atoms with Gasteiger partial charge in [-0.3, -0.25) is 0 Å². The predicted molar refractivity (Wildman–Crippen MR) is 115 cm³/mol. The first-order valence-corrected chi connectivity index (χ1v) is 9.41. The van der Waals surface area contributed by atoms with E-state index >= 15 is 0 Å². The Balaban J connectivity index is 1.77. The molecular weight excluding hydrogens is 366 g/mol. The molecule has 3 N–H and O–H groups in total. The van der Waals surface area contributed by atoms with Crippen LogP contribution in [0.15, 0.2) is 48.5 Å². The van der Waals surface area contributed by atoms with Gasteiger partial charge in [0.2, 0.25) is 11.9 Å². The molecule has 7 heteroatoms. The van der Waals surface area contributed by atoms with Crippen molar-refractivity contribution in [3.05, 3.63) is 65.5 Å². The number of benzene rings is 2. The maximum Gasteiger partial charge on any atom is 0.232 e. The van der Waals surface area contributed by atoms with Gasteiger partial charge in [0.05, 0.1) is 7.11 Å². The third-order valence-electron chi connectivity index (χ3n) is 4.25. The Morgan fingerprint density at radius 1 is 1.07 bits per heavy atom. The van der Waals surface area contributed by atoms with E-state index in [4.69, 9.17) is 15.2 Å². The van der Waals surface area contributed by atoms with Crippen LogP contribution in [0.3, 0.4) is 0 Å². The monoisotopic (exact) mass is 391 g/mol. The van der Waals surface area contributed by atoms with Gasteiger partial charge in [0.15, 0.2) is 17.3 Å². The summed E-state index contributed by atoms with van der Waals surface area (Å²) in [5.74, 6) is 2.18. The summed E-state index contributed by atoms with van der Waals surface area (Å²) in [5, 5.41) is 3.22. The quantitative estimate of drug-likeness (QED) is 0.588. The summed E-state index contributed by atoms with van der Waals surface area (Å²) in [6.45, 7) is 4.19. The van der Waals surface area contributed by atoms with Crippen LogP contribution >= 0.6 is 0 Å². The maximum atomic E-state index is 5.87. The number of aryl methyl sites for hydroxylation is 1. The van der Waals surface area contributed by atoms with Crippen LogP contribution < -0.4 is 20.5 Å². The van der Waals surface area contributed by atoms with E-state index < -0.39 is 0 Å². The largest absolute Gasteiger partial charge is 0.493 e. The summed E-state index contributed by atoms with van der Waals surface area (Å²) >= 11 is 0. The van der Waals surface area contributed by atoms with Crippen LogP contribution in [0.1, 0.15) is 30.8 Å². The Kier molecular flexibility index (Phi) is 6.63. The molecule has 150 valence electrons. The Bertz CT molecular complexity index is 1000. The minimum absolute atomic E-state index is 0.130. The first-order chi connectivity index (χ1) is 14.1. The number of allylic oxidation sites excluding steroid dienone is 1. The SMILES string of the molecule is C/C=C/c1ccc(OCc2nc(N)nc(Nc3ccccc3CC)n2)c(OC)c1. The predicted octanol–water partition coefficient (Wildman–Crippen LogP) is 4.38. The van der Waals surface area contributed by atoms with E-state index in [0.29, 0.717) is 23.3 Å². The van der Waals surface area contributed by atoms with Crippen LogP contribution in [0.4, 0.5) is 17.6 Å². The second-order valence-electron chi connectivity index (χ2n) is 6.27. The minimum atomic E-state index is 0.130. The average molecular weight is 391 g/mol. The first-order valence-electron chi connectivity index (χ1n) is 9.41. The molecule has 0 saturated heterocycles. The molecule has 29 heavy (non-hydrogen) atoms. The molecule has 0 aliphatic rings. The number of nitrogens with zero attached hydrogens (tertiary/aromatic N) is 3. The van der Waals surface area contributed by atoms with E-state index in [1.54, 1.807) is 7.11 Å². The summed E-state index contributed by atoms with van der Waals surface area (Å²) in [7, 11) is 1.61. The molecule has 0 atom stereocenters. The van der Waals surface area contributed by atoms with Gasteiger partial charge in [-0.15, -0.1) is 0 Å². The number of aromatic nitrogens is 3. The zero-order chi connectivity index (χ0) is 20.6. The minimum Gasteiger partial charge on any atom is -0.493 e. The van der Waals surface area contributed by atoms with Crippen molar-refractivity contribution in [1.29, 1.82) is 0 Å². The fourth-order valence-electron chi connectivity index (χ4n) is 2.87. The first kappa shape index (κ1) is 20.1. The van der Waals surface area contributed by atoms with Gasteiger partial charge in [0.25, 0.3) is 0 Å². The summed E-state index contributed by atoms with van der Waals surface area (Å²) in [6, 6.07) is 13.7. The van der Waals surface area contributed by atoms with Crippen LogP contribution in [0.25, 0.3) is 6.08 Å². The average Bonchev–Trinajstić information content (AvgIpc) is 2.73. The van der Waals surface area contributed by atoms with Crippen molar-refractivity contribution >= 4 is 23.7 Å². The Morgan fingerprint density at radius 2 is 1.90 bits per heavy atom. The van der Waals surface area contributed by atoms with Gasteiger partial charge in [-0.05, 0) is 42.7 Å². The molecule has 3 aromatic rings. The molecule has 2 aromatic carbocycles. The normalized spacial score (nSPS) is 10.9. The molecule has 0 fully saturated rings. The smallest absolute Gasteiger partial charge is 0.232 e. The molecule has 0 bridgehead atoms. The highest BCUT2D eigenvalue weighted by Gasteiger charge is 2.10. The lowest BCUT2D eigenvalue weighted by atomic mass is 10.1. The van der Waals surface area contributed by atoms with Gasteiger partial charge < -0.3 is 20.5 Å². The highest BCUT2D eigenvalue weighted by Crippen LogP contribution is 2.29. The molecule has 0 unspecified atom stereocenters. The fourth-order valence-corrected chi connectivity index (χ4v) is 2.87. The third-order valence-corrected chi connectivity index (χ3v) is 4.25. The van der Waals surface area contributed by atoms with E-state index in [1.165, 1.54) is 0 Å². The molecule has 0 spiro atoms. The van der Waals surface area contributed by atoms with Crippen molar-refractivity contribution in [1.82, 2.24) is 15.0 Å². The maximum absolute atomic E-state index is 5.87. The Morgan fingerprint density at radius 3 is 2.66 bits per heavy atom. The van der Waals surface area contributed by atoms with Crippen LogP contribution in [-0.4, -0.2) is 22.1 Å². The Hall–Kier alpha value is -3.61. The van der Waals surface area contributed by atoms with Gasteiger partial charge in [0, 0.05) is 5.69 Å². The van der Waals surface area contributed by atoms with Crippen molar-refractivity contribution < 1.29 is 9.47 Å². The van der Waals surface area contributed by atoms with Gasteiger partial charge in [-0.25, -0.2) is 0 Å². The van der Waals surface area contributed by atoms with Crippen molar-refractivity contribution in [2.45, 2.75) is 26.9 Å². The number of rotatable bonds is 8. The topological polar surface area (TPSA) is 95.2 Å². The standard InChI is InChI=1S/C22H25N5O2/c1-4-8-15-11-12-18(19(13-15)28-3)29-14-20-25-21(23)27-22(26-20)24-17-10-7-6-9-16(17)5-2/h4,6-13H,5,14H2,1-3H3,(H3,23,24,25,26,27)/b8-4+. The van der Waals surface area contributed by atoms with E-state index in [-0.39, 0.29) is 12.6 Å². The van der Waals surface area contributed by atoms with E-state index in [0.717, 1.165) is 23.2 Å². The summed E-state index contributed by atoms with van der Waals surface area (Å²) in [4.78, 5) is 12.8. The number of nitrogens with one attached hydrogen (secondary N) is 1. The number of hydrogen-bond donors (Lipinski definition) is 2. The molecular formula is C22H25N5O2. The molecule has 0 aliphatic carbocycles. The van der Waals surface area contributed by atoms with E-state index in [1.807, 2.05) is 55.5 Å². The number of anilines is 3. The molecule has 0 radical (unpaired) electrons. The molecule has 1 aromatic heterocycles. The van der Waals surface area contributed by atoms with Crippen molar-refractivity contribution in [3.63, 3.8) is 0 Å². The highest BCUT2D eigenvalue weighted by molar-refractivity contribution is 5.59. The number of nitrogen functional groups attached to an aromatic ring is 1. The van der Waals surface area contributed by atoms with Crippen molar-refractivity contribution in [2.24, 2.45) is 0 Å². The van der Waals surface area contributed by atoms with Gasteiger partial charge >= 0.3 is 0 Å². The lowest BCUT2D eigenvalue weighted by Crippen LogP contribution is -2.10. The van der Waals surface area contributed by atoms with Gasteiger partial charge in [-0.1, -0.05) is 43.3 Å². The van der Waals surface area contributed by atoms with Crippen molar-refractivity contribution in [3.8, 4) is 11.5 Å². The lowest BCUT2D eigenvalue weighted by molar-refractivity contribution is 0.276. The molecule has 0 amide bonds. The van der Waals surface area contributed by atoms with Crippen molar-refractivity contribution in [2.75, 3.05) is 18.2 Å². The van der Waals surface area contributed by atoms with E-state index in [2.05, 4.69) is 33.3 Å². The van der Waals surface area contributed by atoms with Crippen LogP contribution in [0, 0.1) is 0 Å². The van der Waals surface area contributed by atoms with Gasteiger partial charge in [-0.2, -0.15) is 15.0 Å². The Labute approximate surface area is 170 Å². The summed E-state index contributed by atoms with van der Waals surface area (Å²) in [5.41, 5.74) is 9.00. The van der Waals surface area contributed by atoms with Gasteiger partial charge in [0.1, 0.15) is 6.61 Å². The molecule has 3 rings (SSSR count). The van der Waals surface area contributed by atoms with Crippen LogP contribution in [0.5, 0.6) is 11.5 Å². The number of hydrogen-bond acceptors (Lipinski definition) is 7. The highest BCUT2D eigenvalue weighted by atomic mass is 16.5. The second-order valence-corrected chi connectivity index (χ2v) is 6.27. The van der Waals surface area contributed by atoms with Crippen LogP contribution in [0.2, 0.25) is 0 Å². The zero-order valence-electron chi connectivity index (χ0n) is 16.8. The number of ether oxygens (including phenoxy) is 2. The summed E-state index contributed by atoms with van der Waals surface area (Å²) in [6.07, 6.45) is 4.85. The summed E-state index contributed by atoms with van der Waals surface area (Å²) < 4.78 is 11.3. The molecule has 0 aliphatic heterocycles. The molecule has 1 heterocycles. The third kappa shape index (κ3) is 5.22. The molecule has 7 nitrogen and oxygen atoms in total. The second kappa shape index (κ2) is 9.54. The van der Waals surface area contributed by atoms with Crippen LogP contribution in [-0.2, 0) is 13.0 Å².